The van der Waals surface area contributed by atoms with E-state index in [1.807, 2.05) is 0 Å². The highest BCUT2D eigenvalue weighted by Crippen LogP contribution is 2.23. The van der Waals surface area contributed by atoms with Crippen LogP contribution in [0.4, 0.5) is 4.39 Å². The molecule has 2 aromatic carbocycles. The number of aromatic nitrogens is 2. The molecule has 0 unspecified atom stereocenters. The molecule has 0 radical (unpaired) electrons. The Balaban J connectivity index is 1.70. The van der Waals surface area contributed by atoms with E-state index in [1.54, 1.807) is 24.3 Å². The third-order valence-corrected chi connectivity index (χ3v) is 5.42. The van der Waals surface area contributed by atoms with Crippen LogP contribution in [0.1, 0.15) is 32.2 Å². The van der Waals surface area contributed by atoms with Crippen LogP contribution in [0.15, 0.2) is 57.8 Å². The Morgan fingerprint density at radius 2 is 1.63 bits per heavy atom. The lowest BCUT2D eigenvalue weighted by Crippen LogP contribution is -2.23. The van der Waals surface area contributed by atoms with Crippen molar-refractivity contribution in [1.29, 1.82) is 0 Å². The van der Waals surface area contributed by atoms with Crippen molar-refractivity contribution in [2.24, 2.45) is 0 Å². The highest BCUT2D eigenvalue weighted by atomic mass is 32.2. The molecule has 27 heavy (non-hydrogen) atoms. The number of benzene rings is 2. The molecular formula is C19H20FN3O3S. The Labute approximate surface area is 157 Å². The van der Waals surface area contributed by atoms with Gasteiger partial charge in [0.25, 0.3) is 0 Å². The molecule has 8 heteroatoms. The zero-order valence-corrected chi connectivity index (χ0v) is 16.0. The summed E-state index contributed by atoms with van der Waals surface area (Å²) in [4.78, 5) is 0.161. The minimum atomic E-state index is -3.71. The Kier molecular flexibility index (Phi) is 5.12. The van der Waals surface area contributed by atoms with Gasteiger partial charge in [-0.25, -0.2) is 17.5 Å². The van der Waals surface area contributed by atoms with Gasteiger partial charge >= 0.3 is 0 Å². The maximum Gasteiger partial charge on any atom is 0.247 e. The third kappa shape index (κ3) is 4.58. The molecule has 3 aromatic rings. The van der Waals surface area contributed by atoms with Gasteiger partial charge in [-0.15, -0.1) is 10.2 Å². The molecule has 142 valence electrons. The van der Waals surface area contributed by atoms with Gasteiger partial charge in [0.1, 0.15) is 5.82 Å². The van der Waals surface area contributed by atoms with Crippen LogP contribution in [-0.2, 0) is 22.0 Å². The van der Waals surface area contributed by atoms with Crippen LogP contribution in [-0.4, -0.2) is 18.6 Å². The van der Waals surface area contributed by atoms with Crippen LogP contribution in [0.25, 0.3) is 11.5 Å². The summed E-state index contributed by atoms with van der Waals surface area (Å²) in [5.41, 5.74) is 1.54. The van der Waals surface area contributed by atoms with Crippen LogP contribution >= 0.6 is 0 Å². The first-order valence-electron chi connectivity index (χ1n) is 8.34. The van der Waals surface area contributed by atoms with Gasteiger partial charge in [0.05, 0.1) is 11.4 Å². The zero-order valence-electron chi connectivity index (χ0n) is 15.2. The second-order valence-electron chi connectivity index (χ2n) is 7.11. The highest BCUT2D eigenvalue weighted by molar-refractivity contribution is 7.89. The number of nitrogens with one attached hydrogen (secondary N) is 1. The average molecular weight is 389 g/mol. The van der Waals surface area contributed by atoms with Crippen molar-refractivity contribution in [3.63, 3.8) is 0 Å². The Morgan fingerprint density at radius 1 is 1.00 bits per heavy atom. The van der Waals surface area contributed by atoms with Crippen molar-refractivity contribution in [3.8, 4) is 11.5 Å². The smallest absolute Gasteiger partial charge is 0.247 e. The fourth-order valence-corrected chi connectivity index (χ4v) is 3.38. The maximum atomic E-state index is 13.0. The van der Waals surface area contributed by atoms with Gasteiger partial charge < -0.3 is 4.42 Å². The lowest BCUT2D eigenvalue weighted by molar-refractivity contribution is 0.494. The first-order valence-corrected chi connectivity index (χ1v) is 9.82. The number of rotatable bonds is 5. The fraction of sp³-hybridized carbons (Fsp3) is 0.263. The van der Waals surface area contributed by atoms with Gasteiger partial charge in [-0.05, 0) is 47.4 Å². The zero-order chi connectivity index (χ0) is 19.7. The molecule has 0 saturated heterocycles. The van der Waals surface area contributed by atoms with Crippen LogP contribution in [0.2, 0.25) is 0 Å². The molecule has 1 heterocycles. The van der Waals surface area contributed by atoms with Gasteiger partial charge in [0.2, 0.25) is 21.8 Å². The first-order chi connectivity index (χ1) is 12.6. The molecule has 0 fully saturated rings. The molecule has 6 nitrogen and oxygen atoms in total. The van der Waals surface area contributed by atoms with Crippen LogP contribution in [0, 0.1) is 5.82 Å². The lowest BCUT2D eigenvalue weighted by atomic mass is 9.87. The van der Waals surface area contributed by atoms with Crippen LogP contribution < -0.4 is 4.72 Å². The average Bonchev–Trinajstić information content (AvgIpc) is 3.09. The van der Waals surface area contributed by atoms with Crippen molar-refractivity contribution in [3.05, 3.63) is 65.8 Å². The standard InChI is InChI=1S/C19H20FN3O3S/c1-19(2,3)14-6-10-16(11-7-14)27(24,25)21-12-17-22-23-18(26-17)13-4-8-15(20)9-5-13/h4-11,21H,12H2,1-3H3. The van der Waals surface area contributed by atoms with Gasteiger partial charge in [-0.3, -0.25) is 0 Å². The summed E-state index contributed by atoms with van der Waals surface area (Å²) >= 11 is 0. The number of hydrogen-bond donors (Lipinski definition) is 1. The summed E-state index contributed by atoms with van der Waals surface area (Å²) in [5.74, 6) is -0.0633. The summed E-state index contributed by atoms with van der Waals surface area (Å²) in [6.07, 6.45) is 0. The van der Waals surface area contributed by atoms with Crippen molar-refractivity contribution in [2.75, 3.05) is 0 Å². The van der Waals surface area contributed by atoms with E-state index < -0.39 is 10.0 Å². The molecule has 0 aliphatic heterocycles. The lowest BCUT2D eigenvalue weighted by Gasteiger charge is -2.19. The molecule has 0 saturated carbocycles. The van der Waals surface area contributed by atoms with Crippen molar-refractivity contribution in [1.82, 2.24) is 14.9 Å². The van der Waals surface area contributed by atoms with Crippen LogP contribution in [0.5, 0.6) is 0 Å². The molecule has 1 aromatic heterocycles. The summed E-state index contributed by atoms with van der Waals surface area (Å²) in [6, 6.07) is 12.3. The maximum absolute atomic E-state index is 13.0. The molecule has 0 spiro atoms. The molecule has 1 N–H and O–H groups in total. The predicted octanol–water partition coefficient (Wildman–Crippen LogP) is 3.65. The summed E-state index contributed by atoms with van der Waals surface area (Å²) in [7, 11) is -3.71. The topological polar surface area (TPSA) is 85.1 Å². The minimum Gasteiger partial charge on any atom is -0.419 e. The largest absolute Gasteiger partial charge is 0.419 e. The minimum absolute atomic E-state index is 0.0593. The van der Waals surface area contributed by atoms with E-state index in [4.69, 9.17) is 4.42 Å². The van der Waals surface area contributed by atoms with E-state index in [-0.39, 0.29) is 34.5 Å². The van der Waals surface area contributed by atoms with Crippen molar-refractivity contribution in [2.45, 2.75) is 37.6 Å². The van der Waals surface area contributed by atoms with Crippen molar-refractivity contribution >= 4 is 10.0 Å². The Bertz CT molecular complexity index is 1020. The monoisotopic (exact) mass is 389 g/mol. The fourth-order valence-electron chi connectivity index (χ4n) is 2.41. The Hall–Kier alpha value is -2.58. The van der Waals surface area contributed by atoms with E-state index in [0.717, 1.165) is 5.56 Å². The number of halogens is 1. The number of sulfonamides is 1. The van der Waals surface area contributed by atoms with Gasteiger partial charge in [0, 0.05) is 5.56 Å². The molecular weight excluding hydrogens is 369 g/mol. The number of hydrogen-bond acceptors (Lipinski definition) is 5. The predicted molar refractivity (Wildman–Crippen MR) is 98.9 cm³/mol. The molecule has 3 rings (SSSR count). The molecule has 0 aliphatic carbocycles. The van der Waals surface area contributed by atoms with Crippen LogP contribution in [0.3, 0.4) is 0 Å². The molecule has 0 bridgehead atoms. The molecule has 0 aliphatic rings. The van der Waals surface area contributed by atoms with E-state index in [9.17, 15) is 12.8 Å². The van der Waals surface area contributed by atoms with E-state index in [1.165, 1.54) is 24.3 Å². The quantitative estimate of drug-likeness (QED) is 0.720. The summed E-state index contributed by atoms with van der Waals surface area (Å²) in [6.45, 7) is 6.03. The first kappa shape index (κ1) is 19.2. The second kappa shape index (κ2) is 7.21. The normalized spacial score (nSPS) is 12.3. The molecule has 0 amide bonds. The summed E-state index contributed by atoms with van der Waals surface area (Å²) in [5, 5.41) is 7.67. The van der Waals surface area contributed by atoms with Gasteiger partial charge in [0.15, 0.2) is 0 Å². The molecule has 0 atom stereocenters. The second-order valence-corrected chi connectivity index (χ2v) is 8.87. The highest BCUT2D eigenvalue weighted by Gasteiger charge is 2.18. The SMILES string of the molecule is CC(C)(C)c1ccc(S(=O)(=O)NCc2nnc(-c3ccc(F)cc3)o2)cc1. The van der Waals surface area contributed by atoms with E-state index >= 15 is 0 Å². The Morgan fingerprint density at radius 3 is 2.22 bits per heavy atom. The summed E-state index contributed by atoms with van der Waals surface area (Å²) < 4.78 is 45.7. The third-order valence-electron chi connectivity index (χ3n) is 4.00. The van der Waals surface area contributed by atoms with Gasteiger partial charge in [-0.2, -0.15) is 0 Å². The van der Waals surface area contributed by atoms with E-state index in [0.29, 0.717) is 5.56 Å². The number of nitrogens with zero attached hydrogens (tertiary/aromatic N) is 2. The van der Waals surface area contributed by atoms with Gasteiger partial charge in [-0.1, -0.05) is 32.9 Å². The van der Waals surface area contributed by atoms with E-state index in [2.05, 4.69) is 35.7 Å². The van der Waals surface area contributed by atoms with Crippen molar-refractivity contribution < 1.29 is 17.2 Å².